The number of carbonyl (C=O) groups excluding carboxylic acids is 2. The number of nitrogens with zero attached hydrogens (tertiary/aromatic N) is 5. The van der Waals surface area contributed by atoms with Crippen LogP contribution in [-0.2, 0) is 13.6 Å². The minimum Gasteiger partial charge on any atom is -0.344 e. The van der Waals surface area contributed by atoms with Crippen molar-refractivity contribution in [3.05, 3.63) is 63.2 Å². The lowest BCUT2D eigenvalue weighted by atomic mass is 10.2. The highest BCUT2D eigenvalue weighted by molar-refractivity contribution is 7.13. The van der Waals surface area contributed by atoms with Crippen LogP contribution < -0.4 is 10.6 Å². The van der Waals surface area contributed by atoms with Crippen LogP contribution in [0.2, 0.25) is 5.02 Å². The number of alkyl halides is 1. The molecule has 1 atom stereocenters. The molecular formula is C20H17ClFN7O2S. The molecule has 2 amide bonds. The number of pyridine rings is 1. The van der Waals surface area contributed by atoms with Crippen LogP contribution >= 0.6 is 22.9 Å². The Labute approximate surface area is 190 Å². The summed E-state index contributed by atoms with van der Waals surface area (Å²) in [7, 11) is 1.83. The van der Waals surface area contributed by atoms with Gasteiger partial charge in [0.05, 0.1) is 23.2 Å². The van der Waals surface area contributed by atoms with Crippen LogP contribution in [0.15, 0.2) is 37.1 Å². The molecule has 0 fully saturated rings. The fourth-order valence-electron chi connectivity index (χ4n) is 3.00. The second kappa shape index (κ2) is 8.97. The van der Waals surface area contributed by atoms with E-state index in [0.717, 1.165) is 11.3 Å². The van der Waals surface area contributed by atoms with Crippen molar-refractivity contribution >= 4 is 51.6 Å². The SMILES string of the molecule is CC(F)c1cc(NC(=O)c2cnc(CNC(=O)c3ncnc4c3ccn4C)s2)ncc1Cl. The molecule has 0 aliphatic rings. The molecule has 12 heteroatoms. The lowest BCUT2D eigenvalue weighted by Crippen LogP contribution is -2.24. The minimum atomic E-state index is -1.30. The van der Waals surface area contributed by atoms with Crippen LogP contribution in [0.1, 0.15) is 43.8 Å². The number of thiazole rings is 1. The van der Waals surface area contributed by atoms with Crippen LogP contribution in [0.5, 0.6) is 0 Å². The molecule has 32 heavy (non-hydrogen) atoms. The number of aromatic nitrogens is 5. The topological polar surface area (TPSA) is 115 Å². The van der Waals surface area contributed by atoms with Gasteiger partial charge in [-0.2, -0.15) is 0 Å². The van der Waals surface area contributed by atoms with E-state index in [2.05, 4.69) is 30.6 Å². The van der Waals surface area contributed by atoms with Gasteiger partial charge in [-0.25, -0.2) is 24.3 Å². The monoisotopic (exact) mass is 473 g/mol. The molecule has 9 nitrogen and oxygen atoms in total. The Morgan fingerprint density at radius 3 is 2.81 bits per heavy atom. The fourth-order valence-corrected chi connectivity index (χ4v) is 4.01. The molecule has 4 rings (SSSR count). The second-order valence-electron chi connectivity index (χ2n) is 6.85. The largest absolute Gasteiger partial charge is 0.344 e. The first-order chi connectivity index (χ1) is 15.3. The summed E-state index contributed by atoms with van der Waals surface area (Å²) in [4.78, 5) is 41.8. The quantitative estimate of drug-likeness (QED) is 0.441. The van der Waals surface area contributed by atoms with E-state index in [1.807, 2.05) is 7.05 Å². The van der Waals surface area contributed by atoms with E-state index < -0.39 is 12.1 Å². The van der Waals surface area contributed by atoms with Gasteiger partial charge in [-0.1, -0.05) is 11.6 Å². The minimum absolute atomic E-state index is 0.123. The van der Waals surface area contributed by atoms with Gasteiger partial charge >= 0.3 is 0 Å². The maximum absolute atomic E-state index is 13.6. The third-order valence-electron chi connectivity index (χ3n) is 4.61. The third-order valence-corrected chi connectivity index (χ3v) is 5.92. The van der Waals surface area contributed by atoms with E-state index in [1.165, 1.54) is 31.7 Å². The normalized spacial score (nSPS) is 12.0. The highest BCUT2D eigenvalue weighted by Gasteiger charge is 2.17. The average Bonchev–Trinajstić information content (AvgIpc) is 3.40. The predicted molar refractivity (Wildman–Crippen MR) is 119 cm³/mol. The number of carbonyl (C=O) groups is 2. The molecule has 0 aliphatic heterocycles. The Balaban J connectivity index is 1.41. The van der Waals surface area contributed by atoms with E-state index >= 15 is 0 Å². The second-order valence-corrected chi connectivity index (χ2v) is 8.37. The first kappa shape index (κ1) is 21.8. The number of hydrogen-bond acceptors (Lipinski definition) is 7. The third kappa shape index (κ3) is 4.43. The highest BCUT2D eigenvalue weighted by atomic mass is 35.5. The first-order valence-corrected chi connectivity index (χ1v) is 10.6. The molecule has 0 bridgehead atoms. The molecule has 0 saturated heterocycles. The maximum atomic E-state index is 13.6. The molecule has 1 unspecified atom stereocenters. The van der Waals surface area contributed by atoms with Gasteiger partial charge < -0.3 is 15.2 Å². The van der Waals surface area contributed by atoms with Crippen LogP contribution in [0, 0.1) is 0 Å². The van der Waals surface area contributed by atoms with Gasteiger partial charge in [-0.05, 0) is 19.1 Å². The average molecular weight is 474 g/mol. The summed E-state index contributed by atoms with van der Waals surface area (Å²) < 4.78 is 15.4. The maximum Gasteiger partial charge on any atom is 0.271 e. The van der Waals surface area contributed by atoms with E-state index in [-0.39, 0.29) is 34.5 Å². The molecule has 0 aliphatic carbocycles. The van der Waals surface area contributed by atoms with Crippen molar-refractivity contribution < 1.29 is 14.0 Å². The standard InChI is InChI=1S/C20H17ClFN7O2S/c1-10(22)12-5-15(23-6-13(12)21)28-19(30)14-7-24-16(32-14)8-25-20(31)17-11-3-4-29(2)18(11)27-9-26-17/h3-7,9-10H,8H2,1-2H3,(H,25,31)(H,23,28,30). The number of amides is 2. The zero-order valence-corrected chi connectivity index (χ0v) is 18.5. The van der Waals surface area contributed by atoms with E-state index in [1.54, 1.807) is 16.8 Å². The Kier molecular flexibility index (Phi) is 6.10. The Hall–Kier alpha value is -3.44. The number of nitrogens with one attached hydrogen (secondary N) is 2. The molecule has 0 radical (unpaired) electrons. The fraction of sp³-hybridized carbons (Fsp3) is 0.200. The van der Waals surface area contributed by atoms with Crippen LogP contribution in [-0.4, -0.2) is 36.3 Å². The lowest BCUT2D eigenvalue weighted by Gasteiger charge is -2.08. The Morgan fingerprint density at radius 2 is 2.03 bits per heavy atom. The Morgan fingerprint density at radius 1 is 1.22 bits per heavy atom. The van der Waals surface area contributed by atoms with E-state index in [9.17, 15) is 14.0 Å². The zero-order valence-electron chi connectivity index (χ0n) is 17.0. The molecule has 4 aromatic heterocycles. The number of rotatable bonds is 6. The summed E-state index contributed by atoms with van der Waals surface area (Å²) in [5, 5.41) is 6.71. The number of aryl methyl sites for hydroxylation is 1. The van der Waals surface area contributed by atoms with Gasteiger partial charge in [0.1, 0.15) is 39.5 Å². The van der Waals surface area contributed by atoms with Crippen molar-refractivity contribution in [2.75, 3.05) is 5.32 Å². The molecule has 164 valence electrons. The lowest BCUT2D eigenvalue weighted by molar-refractivity contribution is 0.0947. The van der Waals surface area contributed by atoms with Crippen molar-refractivity contribution in [1.82, 2.24) is 29.8 Å². The summed E-state index contributed by atoms with van der Waals surface area (Å²) in [6.07, 6.45) is 4.52. The molecule has 2 N–H and O–H groups in total. The van der Waals surface area contributed by atoms with Gasteiger partial charge in [0, 0.05) is 25.0 Å². The molecular weight excluding hydrogens is 457 g/mol. The van der Waals surface area contributed by atoms with Crippen LogP contribution in [0.3, 0.4) is 0 Å². The summed E-state index contributed by atoms with van der Waals surface area (Å²) in [5.74, 6) is -0.644. The van der Waals surface area contributed by atoms with E-state index in [4.69, 9.17) is 11.6 Å². The Bertz CT molecular complexity index is 1320. The van der Waals surface area contributed by atoms with Crippen molar-refractivity contribution in [2.45, 2.75) is 19.6 Å². The number of anilines is 1. The van der Waals surface area contributed by atoms with E-state index in [0.29, 0.717) is 20.9 Å². The van der Waals surface area contributed by atoms with Gasteiger partial charge in [-0.15, -0.1) is 11.3 Å². The highest BCUT2D eigenvalue weighted by Crippen LogP contribution is 2.27. The van der Waals surface area contributed by atoms with Gasteiger partial charge in [0.15, 0.2) is 0 Å². The predicted octanol–water partition coefficient (Wildman–Crippen LogP) is 3.69. The molecule has 4 heterocycles. The summed E-state index contributed by atoms with van der Waals surface area (Å²) in [6.45, 7) is 1.47. The number of halogens is 2. The number of fused-ring (bicyclic) bond motifs is 1. The zero-order chi connectivity index (χ0) is 22.8. The van der Waals surface area contributed by atoms with Gasteiger partial charge in [0.2, 0.25) is 0 Å². The summed E-state index contributed by atoms with van der Waals surface area (Å²) in [6, 6.07) is 3.16. The molecule has 0 spiro atoms. The van der Waals surface area contributed by atoms with Crippen LogP contribution in [0.25, 0.3) is 11.0 Å². The molecule has 0 saturated carbocycles. The smallest absolute Gasteiger partial charge is 0.271 e. The van der Waals surface area contributed by atoms with Gasteiger partial charge in [-0.3, -0.25) is 9.59 Å². The summed E-state index contributed by atoms with van der Waals surface area (Å²) in [5.41, 5.74) is 1.15. The van der Waals surface area contributed by atoms with Crippen molar-refractivity contribution in [3.8, 4) is 0 Å². The van der Waals surface area contributed by atoms with Crippen molar-refractivity contribution in [2.24, 2.45) is 7.05 Å². The van der Waals surface area contributed by atoms with Crippen molar-refractivity contribution in [1.29, 1.82) is 0 Å². The first-order valence-electron chi connectivity index (χ1n) is 9.43. The van der Waals surface area contributed by atoms with Crippen molar-refractivity contribution in [3.63, 3.8) is 0 Å². The van der Waals surface area contributed by atoms with Crippen LogP contribution in [0.4, 0.5) is 10.2 Å². The number of hydrogen-bond donors (Lipinski definition) is 2. The molecule has 0 aromatic carbocycles. The molecule has 4 aromatic rings. The summed E-state index contributed by atoms with van der Waals surface area (Å²) >= 11 is 7.04. The van der Waals surface area contributed by atoms with Gasteiger partial charge in [0.25, 0.3) is 11.8 Å².